The fraction of sp³-hybridized carbons (Fsp3) is 0.385. The predicted octanol–water partition coefficient (Wildman–Crippen LogP) is 2.20. The van der Waals surface area contributed by atoms with Crippen molar-refractivity contribution in [1.82, 2.24) is 5.43 Å². The van der Waals surface area contributed by atoms with Crippen LogP contribution < -0.4 is 5.43 Å². The maximum atomic E-state index is 11.2. The van der Waals surface area contributed by atoms with E-state index < -0.39 is 0 Å². The minimum Gasteiger partial charge on any atom is -0.465 e. The first-order valence-electron chi connectivity index (χ1n) is 5.41. The Morgan fingerprint density at radius 1 is 1.29 bits per heavy atom. The zero-order valence-corrected chi connectivity index (χ0v) is 10.7. The first-order chi connectivity index (χ1) is 7.92. The van der Waals surface area contributed by atoms with Crippen LogP contribution in [0.2, 0.25) is 0 Å². The van der Waals surface area contributed by atoms with Crippen LogP contribution in [0.25, 0.3) is 0 Å². The molecule has 0 aromatic heterocycles. The van der Waals surface area contributed by atoms with E-state index in [1.807, 2.05) is 32.9 Å². The van der Waals surface area contributed by atoms with Gasteiger partial charge in [0.15, 0.2) is 0 Å². The molecule has 0 heterocycles. The third kappa shape index (κ3) is 4.68. The molecule has 0 unspecified atom stereocenters. The summed E-state index contributed by atoms with van der Waals surface area (Å²) in [6.07, 6.45) is 1.71. The Labute approximate surface area is 102 Å². The maximum Gasteiger partial charge on any atom is 0.337 e. The number of ether oxygens (including phenoxy) is 1. The number of carbonyl (C=O) groups is 1. The van der Waals surface area contributed by atoms with E-state index in [0.717, 1.165) is 5.56 Å². The number of benzene rings is 1. The topological polar surface area (TPSA) is 50.7 Å². The van der Waals surface area contributed by atoms with Crippen LogP contribution in [0.15, 0.2) is 29.4 Å². The Morgan fingerprint density at radius 2 is 1.88 bits per heavy atom. The van der Waals surface area contributed by atoms with Crippen LogP contribution in [-0.2, 0) is 4.74 Å². The average molecular weight is 234 g/mol. The summed E-state index contributed by atoms with van der Waals surface area (Å²) in [7, 11) is 1.37. The lowest BCUT2D eigenvalue weighted by Crippen LogP contribution is -2.31. The molecule has 1 N–H and O–H groups in total. The lowest BCUT2D eigenvalue weighted by atomic mass is 10.1. The van der Waals surface area contributed by atoms with Gasteiger partial charge in [0.25, 0.3) is 0 Å². The molecular formula is C13H18N2O2. The summed E-state index contributed by atoms with van der Waals surface area (Å²) in [6.45, 7) is 6.10. The van der Waals surface area contributed by atoms with Crippen molar-refractivity contribution in [3.63, 3.8) is 0 Å². The Hall–Kier alpha value is -1.84. The number of nitrogens with zero attached hydrogens (tertiary/aromatic N) is 1. The summed E-state index contributed by atoms with van der Waals surface area (Å²) in [5, 5.41) is 4.12. The van der Waals surface area contributed by atoms with E-state index in [4.69, 9.17) is 0 Å². The first kappa shape index (κ1) is 13.2. The zero-order chi connectivity index (χ0) is 12.9. The van der Waals surface area contributed by atoms with Gasteiger partial charge in [-0.1, -0.05) is 12.1 Å². The monoisotopic (exact) mass is 234 g/mol. The summed E-state index contributed by atoms with van der Waals surface area (Å²) in [6, 6.07) is 7.06. The second kappa shape index (κ2) is 5.48. The van der Waals surface area contributed by atoms with Crippen molar-refractivity contribution < 1.29 is 9.53 Å². The van der Waals surface area contributed by atoms with Gasteiger partial charge in [0.1, 0.15) is 0 Å². The van der Waals surface area contributed by atoms with E-state index in [2.05, 4.69) is 15.3 Å². The molecule has 4 heteroatoms. The molecule has 0 spiro atoms. The summed E-state index contributed by atoms with van der Waals surface area (Å²) >= 11 is 0. The SMILES string of the molecule is COC(=O)c1ccc(C=NNC(C)(C)C)cc1. The average Bonchev–Trinajstić information content (AvgIpc) is 2.27. The van der Waals surface area contributed by atoms with Crippen LogP contribution >= 0.6 is 0 Å². The number of esters is 1. The molecule has 0 saturated heterocycles. The third-order valence-electron chi connectivity index (χ3n) is 1.95. The van der Waals surface area contributed by atoms with E-state index in [1.54, 1.807) is 18.3 Å². The highest BCUT2D eigenvalue weighted by Gasteiger charge is 2.06. The highest BCUT2D eigenvalue weighted by atomic mass is 16.5. The summed E-state index contributed by atoms with van der Waals surface area (Å²) in [5.74, 6) is -0.332. The molecule has 92 valence electrons. The Bertz CT molecular complexity index is 402. The molecule has 1 aromatic rings. The summed E-state index contributed by atoms with van der Waals surface area (Å²) < 4.78 is 4.62. The zero-order valence-electron chi connectivity index (χ0n) is 10.7. The fourth-order valence-electron chi connectivity index (χ4n) is 1.12. The van der Waals surface area contributed by atoms with Crippen LogP contribution in [-0.4, -0.2) is 24.8 Å². The second-order valence-electron chi connectivity index (χ2n) is 4.73. The summed E-state index contributed by atoms with van der Waals surface area (Å²) in [5.41, 5.74) is 4.40. The molecule has 1 aromatic carbocycles. The van der Waals surface area contributed by atoms with Gasteiger partial charge >= 0.3 is 5.97 Å². The maximum absolute atomic E-state index is 11.2. The van der Waals surface area contributed by atoms with Crippen LogP contribution in [0.5, 0.6) is 0 Å². The molecule has 4 nitrogen and oxygen atoms in total. The number of hydrazone groups is 1. The minimum absolute atomic E-state index is 0.0531. The fourth-order valence-corrected chi connectivity index (χ4v) is 1.12. The standard InChI is InChI=1S/C13H18N2O2/c1-13(2,3)15-14-9-10-5-7-11(8-6-10)12(16)17-4/h5-9,15H,1-4H3. The number of hydrogen-bond donors (Lipinski definition) is 1. The largest absolute Gasteiger partial charge is 0.465 e. The number of carbonyl (C=O) groups excluding carboxylic acids is 1. The van der Waals surface area contributed by atoms with E-state index in [9.17, 15) is 4.79 Å². The summed E-state index contributed by atoms with van der Waals surface area (Å²) in [4.78, 5) is 11.2. The molecule has 0 aliphatic carbocycles. The molecule has 0 aliphatic rings. The lowest BCUT2D eigenvalue weighted by Gasteiger charge is -2.16. The van der Waals surface area contributed by atoms with E-state index in [1.165, 1.54) is 7.11 Å². The van der Waals surface area contributed by atoms with Gasteiger partial charge in [-0.15, -0.1) is 0 Å². The van der Waals surface area contributed by atoms with Gasteiger partial charge in [0, 0.05) is 5.54 Å². The molecule has 0 fully saturated rings. The van der Waals surface area contributed by atoms with Crippen molar-refractivity contribution in [2.75, 3.05) is 7.11 Å². The van der Waals surface area contributed by atoms with Gasteiger partial charge < -0.3 is 10.2 Å². The van der Waals surface area contributed by atoms with E-state index in [0.29, 0.717) is 5.56 Å². The van der Waals surface area contributed by atoms with Gasteiger partial charge in [-0.05, 0) is 38.5 Å². The van der Waals surface area contributed by atoms with Crippen LogP contribution in [0.4, 0.5) is 0 Å². The number of methoxy groups -OCH3 is 1. The van der Waals surface area contributed by atoms with Crippen LogP contribution in [0.3, 0.4) is 0 Å². The van der Waals surface area contributed by atoms with Crippen molar-refractivity contribution in [3.05, 3.63) is 35.4 Å². The Kier molecular flexibility index (Phi) is 4.26. The first-order valence-corrected chi connectivity index (χ1v) is 5.41. The number of hydrogen-bond acceptors (Lipinski definition) is 4. The van der Waals surface area contributed by atoms with Gasteiger partial charge in [-0.2, -0.15) is 5.10 Å². The van der Waals surface area contributed by atoms with Gasteiger partial charge in [-0.25, -0.2) is 4.79 Å². The van der Waals surface area contributed by atoms with Crippen LogP contribution in [0.1, 0.15) is 36.7 Å². The van der Waals surface area contributed by atoms with Gasteiger partial charge in [0.05, 0.1) is 18.9 Å². The molecule has 0 saturated carbocycles. The Morgan fingerprint density at radius 3 is 2.35 bits per heavy atom. The highest BCUT2D eigenvalue weighted by Crippen LogP contribution is 2.04. The van der Waals surface area contributed by atoms with Gasteiger partial charge in [0.2, 0.25) is 0 Å². The molecular weight excluding hydrogens is 216 g/mol. The van der Waals surface area contributed by atoms with Crippen molar-refractivity contribution in [2.45, 2.75) is 26.3 Å². The van der Waals surface area contributed by atoms with Gasteiger partial charge in [-0.3, -0.25) is 0 Å². The number of nitrogens with one attached hydrogen (secondary N) is 1. The van der Waals surface area contributed by atoms with Crippen molar-refractivity contribution >= 4 is 12.2 Å². The Balaban J connectivity index is 2.66. The highest BCUT2D eigenvalue weighted by molar-refractivity contribution is 5.90. The molecule has 0 amide bonds. The molecule has 1 rings (SSSR count). The van der Waals surface area contributed by atoms with E-state index in [-0.39, 0.29) is 11.5 Å². The predicted molar refractivity (Wildman–Crippen MR) is 68.3 cm³/mol. The quantitative estimate of drug-likeness (QED) is 0.495. The lowest BCUT2D eigenvalue weighted by molar-refractivity contribution is 0.0601. The van der Waals surface area contributed by atoms with Crippen molar-refractivity contribution in [3.8, 4) is 0 Å². The van der Waals surface area contributed by atoms with E-state index >= 15 is 0 Å². The molecule has 0 atom stereocenters. The second-order valence-corrected chi connectivity index (χ2v) is 4.73. The smallest absolute Gasteiger partial charge is 0.337 e. The molecule has 0 bridgehead atoms. The van der Waals surface area contributed by atoms with Crippen molar-refractivity contribution in [2.24, 2.45) is 5.10 Å². The molecule has 0 aliphatic heterocycles. The minimum atomic E-state index is -0.332. The van der Waals surface area contributed by atoms with Crippen LogP contribution in [0, 0.1) is 0 Å². The molecule has 17 heavy (non-hydrogen) atoms. The number of rotatable bonds is 3. The van der Waals surface area contributed by atoms with Crippen molar-refractivity contribution in [1.29, 1.82) is 0 Å². The molecule has 0 radical (unpaired) electrons. The third-order valence-corrected chi connectivity index (χ3v) is 1.95. The normalized spacial score (nSPS) is 11.5.